The molecule has 0 saturated heterocycles. The molecule has 2 aliphatic carbocycles. The summed E-state index contributed by atoms with van der Waals surface area (Å²) < 4.78 is 0. The molecule has 1 saturated carbocycles. The summed E-state index contributed by atoms with van der Waals surface area (Å²) in [5.41, 5.74) is 4.72. The SMILES string of the molecule is Cc1ccc2c(c1)C1C(C3C=CC=CC3C1(C)C)N2C. The van der Waals surface area contributed by atoms with E-state index >= 15 is 0 Å². The van der Waals surface area contributed by atoms with Crippen molar-refractivity contribution in [3.8, 4) is 0 Å². The molecule has 1 aliphatic heterocycles. The van der Waals surface area contributed by atoms with Gasteiger partial charge in [0, 0.05) is 30.6 Å². The average Bonchev–Trinajstić information content (AvgIpc) is 2.84. The highest BCUT2D eigenvalue weighted by Crippen LogP contribution is 2.63. The van der Waals surface area contributed by atoms with Crippen molar-refractivity contribution < 1.29 is 0 Å². The van der Waals surface area contributed by atoms with E-state index in [0.717, 1.165) is 0 Å². The fraction of sp³-hybridized carbons (Fsp3) is 0.474. The van der Waals surface area contributed by atoms with Crippen LogP contribution < -0.4 is 4.90 Å². The minimum Gasteiger partial charge on any atom is -0.370 e. The van der Waals surface area contributed by atoms with Crippen molar-refractivity contribution in [2.24, 2.45) is 17.3 Å². The number of rotatable bonds is 0. The molecule has 0 aromatic heterocycles. The number of allylic oxidation sites excluding steroid dienone is 3. The van der Waals surface area contributed by atoms with Gasteiger partial charge < -0.3 is 4.90 Å². The number of nitrogens with zero attached hydrogens (tertiary/aromatic N) is 1. The largest absolute Gasteiger partial charge is 0.370 e. The van der Waals surface area contributed by atoms with Crippen LogP contribution in [0, 0.1) is 24.2 Å². The van der Waals surface area contributed by atoms with Gasteiger partial charge in [0.15, 0.2) is 0 Å². The number of hydrogen-bond donors (Lipinski definition) is 0. The molecule has 1 heteroatoms. The lowest BCUT2D eigenvalue weighted by Gasteiger charge is -2.33. The van der Waals surface area contributed by atoms with Crippen molar-refractivity contribution in [3.63, 3.8) is 0 Å². The molecule has 4 unspecified atom stereocenters. The summed E-state index contributed by atoms with van der Waals surface area (Å²) in [4.78, 5) is 2.54. The summed E-state index contributed by atoms with van der Waals surface area (Å²) >= 11 is 0. The van der Waals surface area contributed by atoms with Crippen molar-refractivity contribution in [1.29, 1.82) is 0 Å². The lowest BCUT2D eigenvalue weighted by molar-refractivity contribution is 0.260. The van der Waals surface area contributed by atoms with Crippen LogP contribution in [0.15, 0.2) is 42.5 Å². The van der Waals surface area contributed by atoms with Gasteiger partial charge in [-0.2, -0.15) is 0 Å². The molecule has 0 radical (unpaired) electrons. The highest BCUT2D eigenvalue weighted by molar-refractivity contribution is 5.65. The van der Waals surface area contributed by atoms with Crippen molar-refractivity contribution in [3.05, 3.63) is 53.6 Å². The Bertz CT molecular complexity index is 623. The van der Waals surface area contributed by atoms with Gasteiger partial charge in [-0.05, 0) is 29.9 Å². The van der Waals surface area contributed by atoms with Crippen molar-refractivity contribution in [2.45, 2.75) is 32.7 Å². The molecule has 4 atom stereocenters. The van der Waals surface area contributed by atoms with Crippen molar-refractivity contribution in [2.75, 3.05) is 11.9 Å². The molecule has 20 heavy (non-hydrogen) atoms. The summed E-state index contributed by atoms with van der Waals surface area (Å²) in [7, 11) is 2.28. The molecular formula is C19H23N. The predicted octanol–water partition coefficient (Wildman–Crippen LogP) is 4.30. The zero-order valence-corrected chi connectivity index (χ0v) is 12.8. The first-order valence-electron chi connectivity index (χ1n) is 7.70. The second-order valence-electron chi connectivity index (χ2n) is 7.34. The normalized spacial score (nSPS) is 35.9. The molecule has 0 bridgehead atoms. The minimum atomic E-state index is 0.323. The van der Waals surface area contributed by atoms with Gasteiger partial charge in [0.2, 0.25) is 0 Å². The van der Waals surface area contributed by atoms with Gasteiger partial charge in [-0.3, -0.25) is 0 Å². The smallest absolute Gasteiger partial charge is 0.0430 e. The lowest BCUT2D eigenvalue weighted by Crippen LogP contribution is -2.34. The van der Waals surface area contributed by atoms with Crippen LogP contribution in [0.25, 0.3) is 0 Å². The van der Waals surface area contributed by atoms with Crippen LogP contribution in [0.5, 0.6) is 0 Å². The monoisotopic (exact) mass is 265 g/mol. The summed E-state index contributed by atoms with van der Waals surface area (Å²) in [6.07, 6.45) is 9.35. The van der Waals surface area contributed by atoms with Crippen LogP contribution >= 0.6 is 0 Å². The Labute approximate surface area is 122 Å². The Morgan fingerprint density at radius 3 is 2.65 bits per heavy atom. The Hall–Kier alpha value is -1.50. The highest BCUT2D eigenvalue weighted by Gasteiger charge is 2.58. The fourth-order valence-electron chi connectivity index (χ4n) is 5.04. The Kier molecular flexibility index (Phi) is 2.32. The highest BCUT2D eigenvalue weighted by atomic mass is 15.2. The predicted molar refractivity (Wildman–Crippen MR) is 85.2 cm³/mol. The van der Waals surface area contributed by atoms with Crippen LogP contribution in [0.2, 0.25) is 0 Å². The Morgan fingerprint density at radius 2 is 1.85 bits per heavy atom. The number of likely N-dealkylation sites (N-methyl/N-ethyl adjacent to an activating group) is 1. The van der Waals surface area contributed by atoms with Crippen molar-refractivity contribution >= 4 is 5.69 Å². The standard InChI is InChI=1S/C19H23N/c1-12-9-10-16-14(11-12)17-18(20(16)4)13-7-5-6-8-15(13)19(17,2)3/h5-11,13,15,17-18H,1-4H3. The van der Waals surface area contributed by atoms with Crippen LogP contribution in [-0.4, -0.2) is 13.1 Å². The second kappa shape index (κ2) is 3.78. The fourth-order valence-corrected chi connectivity index (χ4v) is 5.04. The summed E-state index contributed by atoms with van der Waals surface area (Å²) in [5, 5.41) is 0. The Balaban J connectivity index is 1.92. The van der Waals surface area contributed by atoms with Gasteiger partial charge in [-0.25, -0.2) is 0 Å². The molecule has 3 aliphatic rings. The van der Waals surface area contributed by atoms with E-state index in [1.165, 1.54) is 11.3 Å². The molecule has 0 amide bonds. The van der Waals surface area contributed by atoms with Gasteiger partial charge in [0.25, 0.3) is 0 Å². The number of aryl methyl sites for hydroxylation is 1. The molecule has 1 nitrogen and oxygen atoms in total. The van der Waals surface area contributed by atoms with Crippen LogP contribution in [0.3, 0.4) is 0 Å². The third-order valence-corrected chi connectivity index (χ3v) is 5.92. The number of fused-ring (bicyclic) bond motifs is 5. The van der Waals surface area contributed by atoms with E-state index in [4.69, 9.17) is 0 Å². The maximum atomic E-state index is 2.54. The second-order valence-corrected chi connectivity index (χ2v) is 7.34. The molecule has 1 fully saturated rings. The summed E-state index contributed by atoms with van der Waals surface area (Å²) in [6.45, 7) is 7.14. The van der Waals surface area contributed by atoms with Gasteiger partial charge in [0.05, 0.1) is 0 Å². The first kappa shape index (κ1) is 12.3. The third kappa shape index (κ3) is 1.33. The number of benzene rings is 1. The molecule has 104 valence electrons. The van der Waals surface area contributed by atoms with Crippen molar-refractivity contribution in [1.82, 2.24) is 0 Å². The third-order valence-electron chi connectivity index (χ3n) is 5.92. The molecule has 0 N–H and O–H groups in total. The molecule has 0 spiro atoms. The number of hydrogen-bond acceptors (Lipinski definition) is 1. The number of anilines is 1. The quantitative estimate of drug-likeness (QED) is 0.676. The van der Waals surface area contributed by atoms with Crippen LogP contribution in [0.1, 0.15) is 30.9 Å². The molecular weight excluding hydrogens is 242 g/mol. The maximum Gasteiger partial charge on any atom is 0.0430 e. The van der Waals surface area contributed by atoms with Crippen LogP contribution in [0.4, 0.5) is 5.69 Å². The first-order chi connectivity index (χ1) is 9.51. The van der Waals surface area contributed by atoms with E-state index in [9.17, 15) is 0 Å². The molecule has 1 heterocycles. The van der Waals surface area contributed by atoms with E-state index in [2.05, 4.69) is 75.2 Å². The molecule has 1 aromatic carbocycles. The van der Waals surface area contributed by atoms with Gasteiger partial charge in [0.1, 0.15) is 0 Å². The zero-order chi connectivity index (χ0) is 14.1. The van der Waals surface area contributed by atoms with E-state index < -0.39 is 0 Å². The van der Waals surface area contributed by atoms with Crippen LogP contribution in [-0.2, 0) is 0 Å². The van der Waals surface area contributed by atoms with Gasteiger partial charge >= 0.3 is 0 Å². The minimum absolute atomic E-state index is 0.323. The average molecular weight is 265 g/mol. The summed E-state index contributed by atoms with van der Waals surface area (Å²) in [6, 6.07) is 7.60. The Morgan fingerprint density at radius 1 is 1.10 bits per heavy atom. The van der Waals surface area contributed by atoms with E-state index in [1.807, 2.05) is 0 Å². The molecule has 1 aromatic rings. The van der Waals surface area contributed by atoms with Gasteiger partial charge in [-0.1, -0.05) is 55.8 Å². The van der Waals surface area contributed by atoms with Gasteiger partial charge in [-0.15, -0.1) is 0 Å². The zero-order valence-electron chi connectivity index (χ0n) is 12.8. The van der Waals surface area contributed by atoms with E-state index in [1.54, 1.807) is 5.56 Å². The lowest BCUT2D eigenvalue weighted by atomic mass is 9.71. The topological polar surface area (TPSA) is 3.24 Å². The molecule has 4 rings (SSSR count). The summed E-state index contributed by atoms with van der Waals surface area (Å²) in [5.74, 6) is 1.96. The van der Waals surface area contributed by atoms with E-state index in [0.29, 0.717) is 29.2 Å². The first-order valence-corrected chi connectivity index (χ1v) is 7.70. The maximum absolute atomic E-state index is 2.54. The van der Waals surface area contributed by atoms with E-state index in [-0.39, 0.29) is 0 Å².